The van der Waals surface area contributed by atoms with Crippen LogP contribution in [-0.2, 0) is 11.2 Å². The molecule has 8 heteroatoms. The van der Waals surface area contributed by atoms with Gasteiger partial charge >= 0.3 is 0 Å². The number of carbonyl (C=O) groups excluding carboxylic acids is 2. The SMILES string of the molecule is CCCOc1ccc(C(=O)NC(=S)NNC(=O)Cc2ccc(OC)cc2)cc1. The number of ether oxygens (including phenoxy) is 2. The summed E-state index contributed by atoms with van der Waals surface area (Å²) in [5.74, 6) is 0.740. The van der Waals surface area contributed by atoms with Gasteiger partial charge in [0.2, 0.25) is 5.91 Å². The van der Waals surface area contributed by atoms with Crippen molar-refractivity contribution >= 4 is 29.1 Å². The zero-order valence-corrected chi connectivity index (χ0v) is 16.6. The van der Waals surface area contributed by atoms with E-state index in [2.05, 4.69) is 16.2 Å². The van der Waals surface area contributed by atoms with E-state index in [-0.39, 0.29) is 23.3 Å². The third-order valence-electron chi connectivity index (χ3n) is 3.66. The van der Waals surface area contributed by atoms with Crippen LogP contribution in [0.1, 0.15) is 29.3 Å². The first-order chi connectivity index (χ1) is 13.5. The molecule has 148 valence electrons. The summed E-state index contributed by atoms with van der Waals surface area (Å²) in [6.07, 6.45) is 1.07. The summed E-state index contributed by atoms with van der Waals surface area (Å²) in [6, 6.07) is 13.9. The van der Waals surface area contributed by atoms with E-state index in [4.69, 9.17) is 21.7 Å². The first-order valence-corrected chi connectivity index (χ1v) is 9.18. The lowest BCUT2D eigenvalue weighted by Gasteiger charge is -2.11. The van der Waals surface area contributed by atoms with Gasteiger partial charge in [-0.1, -0.05) is 19.1 Å². The number of amides is 2. The number of hydrogen-bond donors (Lipinski definition) is 3. The number of methoxy groups -OCH3 is 1. The third kappa shape index (κ3) is 6.88. The lowest BCUT2D eigenvalue weighted by molar-refractivity contribution is -0.121. The molecule has 0 aliphatic heterocycles. The third-order valence-corrected chi connectivity index (χ3v) is 3.86. The van der Waals surface area contributed by atoms with E-state index in [1.807, 2.05) is 6.92 Å². The van der Waals surface area contributed by atoms with Crippen LogP contribution >= 0.6 is 12.2 Å². The van der Waals surface area contributed by atoms with Gasteiger partial charge in [0, 0.05) is 5.56 Å². The fourth-order valence-electron chi connectivity index (χ4n) is 2.23. The molecule has 0 unspecified atom stereocenters. The number of rotatable bonds is 7. The summed E-state index contributed by atoms with van der Waals surface area (Å²) in [7, 11) is 1.58. The van der Waals surface area contributed by atoms with Crippen molar-refractivity contribution in [2.75, 3.05) is 13.7 Å². The van der Waals surface area contributed by atoms with Crippen molar-refractivity contribution in [3.05, 3.63) is 59.7 Å². The molecule has 0 aromatic heterocycles. The van der Waals surface area contributed by atoms with E-state index in [0.29, 0.717) is 17.9 Å². The number of hydrogen-bond acceptors (Lipinski definition) is 5. The van der Waals surface area contributed by atoms with Crippen LogP contribution in [0.4, 0.5) is 0 Å². The Kier molecular flexibility index (Phi) is 8.23. The maximum Gasteiger partial charge on any atom is 0.257 e. The minimum atomic E-state index is -0.385. The molecule has 0 saturated heterocycles. The van der Waals surface area contributed by atoms with Crippen LogP contribution in [0.2, 0.25) is 0 Å². The molecule has 0 aliphatic carbocycles. The molecule has 7 nitrogen and oxygen atoms in total. The zero-order chi connectivity index (χ0) is 20.4. The minimum absolute atomic E-state index is 0.000564. The molecule has 2 aromatic carbocycles. The van der Waals surface area contributed by atoms with E-state index < -0.39 is 0 Å². The van der Waals surface area contributed by atoms with Crippen LogP contribution in [0.25, 0.3) is 0 Å². The van der Waals surface area contributed by atoms with Crippen molar-refractivity contribution in [3.8, 4) is 11.5 Å². The van der Waals surface area contributed by atoms with Crippen LogP contribution in [0.15, 0.2) is 48.5 Å². The monoisotopic (exact) mass is 401 g/mol. The lowest BCUT2D eigenvalue weighted by atomic mass is 10.1. The number of hydrazine groups is 1. The summed E-state index contributed by atoms with van der Waals surface area (Å²) in [4.78, 5) is 24.1. The highest BCUT2D eigenvalue weighted by molar-refractivity contribution is 7.80. The van der Waals surface area contributed by atoms with Gasteiger partial charge in [-0.3, -0.25) is 25.8 Å². The van der Waals surface area contributed by atoms with Gasteiger partial charge in [0.05, 0.1) is 20.1 Å². The van der Waals surface area contributed by atoms with Crippen LogP contribution < -0.4 is 25.6 Å². The topological polar surface area (TPSA) is 88.7 Å². The number of benzene rings is 2. The average molecular weight is 401 g/mol. The first kappa shape index (κ1) is 21.2. The van der Waals surface area contributed by atoms with Crippen LogP contribution in [0.5, 0.6) is 11.5 Å². The highest BCUT2D eigenvalue weighted by atomic mass is 32.1. The van der Waals surface area contributed by atoms with Gasteiger partial charge < -0.3 is 9.47 Å². The Morgan fingerprint density at radius 2 is 1.61 bits per heavy atom. The minimum Gasteiger partial charge on any atom is -0.497 e. The second-order valence-corrected chi connectivity index (χ2v) is 6.26. The molecule has 0 fully saturated rings. The predicted molar refractivity (Wildman–Crippen MR) is 110 cm³/mol. The Hall–Kier alpha value is -3.13. The molecule has 2 rings (SSSR count). The van der Waals surface area contributed by atoms with Crippen molar-refractivity contribution in [1.82, 2.24) is 16.2 Å². The Labute approximate surface area is 169 Å². The number of carbonyl (C=O) groups is 2. The molecule has 0 atom stereocenters. The Bertz CT molecular complexity index is 807. The van der Waals surface area contributed by atoms with E-state index in [1.165, 1.54) is 0 Å². The first-order valence-electron chi connectivity index (χ1n) is 8.77. The van der Waals surface area contributed by atoms with Crippen LogP contribution in [-0.4, -0.2) is 30.6 Å². The fourth-order valence-corrected chi connectivity index (χ4v) is 2.37. The van der Waals surface area contributed by atoms with Crippen molar-refractivity contribution in [1.29, 1.82) is 0 Å². The van der Waals surface area contributed by atoms with E-state index in [9.17, 15) is 9.59 Å². The highest BCUT2D eigenvalue weighted by Crippen LogP contribution is 2.13. The molecule has 2 aromatic rings. The van der Waals surface area contributed by atoms with Gasteiger partial charge in [0.1, 0.15) is 11.5 Å². The van der Waals surface area contributed by atoms with Gasteiger partial charge in [-0.15, -0.1) is 0 Å². The van der Waals surface area contributed by atoms with Gasteiger partial charge in [-0.05, 0) is 60.6 Å². The largest absolute Gasteiger partial charge is 0.497 e. The summed E-state index contributed by atoms with van der Waals surface area (Å²) in [5, 5.41) is 2.50. The van der Waals surface area contributed by atoms with Crippen molar-refractivity contribution in [2.24, 2.45) is 0 Å². The average Bonchev–Trinajstić information content (AvgIpc) is 2.71. The molecule has 0 spiro atoms. The summed E-state index contributed by atoms with van der Waals surface area (Å²) < 4.78 is 10.5. The molecule has 0 heterocycles. The maximum absolute atomic E-state index is 12.2. The van der Waals surface area contributed by atoms with E-state index in [1.54, 1.807) is 55.6 Å². The smallest absolute Gasteiger partial charge is 0.257 e. The van der Waals surface area contributed by atoms with E-state index in [0.717, 1.165) is 17.7 Å². The Morgan fingerprint density at radius 3 is 2.21 bits per heavy atom. The molecular formula is C20H23N3O4S. The fraction of sp³-hybridized carbons (Fsp3) is 0.250. The Balaban J connectivity index is 1.76. The number of thiocarbonyl (C=S) groups is 1. The van der Waals surface area contributed by atoms with Crippen molar-refractivity contribution in [3.63, 3.8) is 0 Å². The highest BCUT2D eigenvalue weighted by Gasteiger charge is 2.09. The van der Waals surface area contributed by atoms with E-state index >= 15 is 0 Å². The van der Waals surface area contributed by atoms with Gasteiger partial charge in [0.25, 0.3) is 5.91 Å². The Morgan fingerprint density at radius 1 is 0.964 bits per heavy atom. The quantitative estimate of drug-likeness (QED) is 0.488. The van der Waals surface area contributed by atoms with Crippen LogP contribution in [0, 0.1) is 0 Å². The molecule has 3 N–H and O–H groups in total. The molecule has 0 bridgehead atoms. The maximum atomic E-state index is 12.2. The summed E-state index contributed by atoms with van der Waals surface area (Å²) in [6.45, 7) is 2.64. The standard InChI is InChI=1S/C20H23N3O4S/c1-3-12-27-17-10-6-15(7-11-17)19(25)21-20(28)23-22-18(24)13-14-4-8-16(26-2)9-5-14/h4-11H,3,12-13H2,1-2H3,(H,22,24)(H2,21,23,25,28). The second kappa shape index (κ2) is 10.9. The van der Waals surface area contributed by atoms with Crippen molar-refractivity contribution < 1.29 is 19.1 Å². The molecule has 0 aliphatic rings. The summed E-state index contributed by atoms with van der Waals surface area (Å²) in [5.41, 5.74) is 6.22. The predicted octanol–water partition coefficient (Wildman–Crippen LogP) is 2.36. The molecule has 0 saturated carbocycles. The lowest BCUT2D eigenvalue weighted by Crippen LogP contribution is -2.48. The number of nitrogens with one attached hydrogen (secondary N) is 3. The molecular weight excluding hydrogens is 378 g/mol. The second-order valence-electron chi connectivity index (χ2n) is 5.85. The molecule has 0 radical (unpaired) electrons. The zero-order valence-electron chi connectivity index (χ0n) is 15.8. The van der Waals surface area contributed by atoms with Crippen molar-refractivity contribution in [2.45, 2.75) is 19.8 Å². The molecule has 28 heavy (non-hydrogen) atoms. The summed E-state index contributed by atoms with van der Waals surface area (Å²) >= 11 is 5.03. The van der Waals surface area contributed by atoms with Gasteiger partial charge in [-0.2, -0.15) is 0 Å². The van der Waals surface area contributed by atoms with Crippen LogP contribution in [0.3, 0.4) is 0 Å². The van der Waals surface area contributed by atoms with Gasteiger partial charge in [0.15, 0.2) is 5.11 Å². The molecule has 2 amide bonds. The van der Waals surface area contributed by atoms with Gasteiger partial charge in [-0.25, -0.2) is 0 Å². The normalized spacial score (nSPS) is 9.93.